The van der Waals surface area contributed by atoms with Crippen molar-refractivity contribution in [3.05, 3.63) is 53.1 Å². The molecule has 0 bridgehead atoms. The minimum atomic E-state index is -5.21. The van der Waals surface area contributed by atoms with Crippen LogP contribution in [0.25, 0.3) is 0 Å². The van der Waals surface area contributed by atoms with Gasteiger partial charge in [-0.3, -0.25) is 9.52 Å². The molecule has 0 aliphatic carbocycles. The Balaban J connectivity index is 2.22. The zero-order chi connectivity index (χ0) is 23.8. The van der Waals surface area contributed by atoms with Crippen molar-refractivity contribution in [2.24, 2.45) is 0 Å². The van der Waals surface area contributed by atoms with Crippen LogP contribution in [-0.4, -0.2) is 31.2 Å². The Morgan fingerprint density at radius 2 is 1.55 bits per heavy atom. The average Bonchev–Trinajstić information content (AvgIpc) is 2.61. The van der Waals surface area contributed by atoms with Crippen molar-refractivity contribution in [3.63, 3.8) is 0 Å². The molecule has 0 aliphatic heterocycles. The molecule has 6 nitrogen and oxygen atoms in total. The second kappa shape index (κ2) is 8.33. The Kier molecular flexibility index (Phi) is 6.71. The summed E-state index contributed by atoms with van der Waals surface area (Å²) in [6.45, 7) is 6.34. The van der Waals surface area contributed by atoms with E-state index in [0.717, 1.165) is 23.8 Å². The number of rotatable bonds is 5. The number of anilines is 2. The summed E-state index contributed by atoms with van der Waals surface area (Å²) in [6.07, 6.45) is -5.21. The molecule has 2 rings (SSSR count). The number of hydrogen-bond donors (Lipinski definition) is 3. The van der Waals surface area contributed by atoms with Gasteiger partial charge in [0.15, 0.2) is 0 Å². The van der Waals surface area contributed by atoms with Crippen molar-refractivity contribution in [1.82, 2.24) is 0 Å². The highest BCUT2D eigenvalue weighted by molar-refractivity contribution is 7.92. The maximum atomic E-state index is 12.8. The third kappa shape index (κ3) is 5.69. The quantitative estimate of drug-likeness (QED) is 0.581. The van der Waals surface area contributed by atoms with Gasteiger partial charge < -0.3 is 10.4 Å². The van der Waals surface area contributed by atoms with Gasteiger partial charge in [-0.15, -0.1) is 0 Å². The highest BCUT2D eigenvalue weighted by Gasteiger charge is 2.55. The van der Waals surface area contributed by atoms with E-state index in [9.17, 15) is 31.5 Å². The van der Waals surface area contributed by atoms with Crippen LogP contribution >= 0.6 is 11.6 Å². The molecular formula is C20H22ClF3N2O4S. The molecular weight excluding hydrogens is 457 g/mol. The summed E-state index contributed by atoms with van der Waals surface area (Å²) < 4.78 is 65.9. The lowest BCUT2D eigenvalue weighted by molar-refractivity contribution is -0.242. The van der Waals surface area contributed by atoms with Crippen molar-refractivity contribution < 1.29 is 31.5 Å². The molecule has 2 aromatic carbocycles. The van der Waals surface area contributed by atoms with Gasteiger partial charge in [-0.1, -0.05) is 44.5 Å². The van der Waals surface area contributed by atoms with Crippen LogP contribution in [0.5, 0.6) is 0 Å². The highest BCUT2D eigenvalue weighted by atomic mass is 35.5. The summed E-state index contributed by atoms with van der Waals surface area (Å²) in [4.78, 5) is 11.5. The van der Waals surface area contributed by atoms with Gasteiger partial charge >= 0.3 is 6.18 Å². The normalized spacial score (nSPS) is 14.6. The molecule has 0 fully saturated rings. The van der Waals surface area contributed by atoms with Crippen LogP contribution in [0.2, 0.25) is 5.02 Å². The number of nitrogens with one attached hydrogen (secondary N) is 2. The van der Waals surface area contributed by atoms with Crippen LogP contribution in [0.15, 0.2) is 47.4 Å². The van der Waals surface area contributed by atoms with Crippen LogP contribution < -0.4 is 10.0 Å². The van der Waals surface area contributed by atoms with E-state index >= 15 is 0 Å². The standard InChI is InChI=1S/C20H22ClF3N2O4S/c1-18(2,3)12-5-7-13(8-6-12)26-31(29,30)14-9-10-16(15(21)11-14)25-17(27)19(4,28)20(22,23)24/h5-11,26,28H,1-4H3,(H,25,27). The molecule has 1 atom stereocenters. The number of halogens is 4. The maximum absolute atomic E-state index is 12.8. The van der Waals surface area contributed by atoms with Crippen molar-refractivity contribution >= 4 is 38.9 Å². The monoisotopic (exact) mass is 478 g/mol. The van der Waals surface area contributed by atoms with E-state index in [1.54, 1.807) is 24.3 Å². The highest BCUT2D eigenvalue weighted by Crippen LogP contribution is 2.33. The smallest absolute Gasteiger partial charge is 0.373 e. The lowest BCUT2D eigenvalue weighted by Crippen LogP contribution is -2.52. The van der Waals surface area contributed by atoms with Crippen molar-refractivity contribution in [2.75, 3.05) is 10.0 Å². The molecule has 0 aliphatic rings. The van der Waals surface area contributed by atoms with Crippen LogP contribution in [0.3, 0.4) is 0 Å². The first kappa shape index (κ1) is 25.0. The molecule has 0 saturated carbocycles. The molecule has 31 heavy (non-hydrogen) atoms. The summed E-state index contributed by atoms with van der Waals surface area (Å²) in [6, 6.07) is 9.86. The van der Waals surface area contributed by atoms with E-state index in [1.807, 2.05) is 26.1 Å². The van der Waals surface area contributed by atoms with Gasteiger partial charge in [0, 0.05) is 5.69 Å². The van der Waals surface area contributed by atoms with Gasteiger partial charge in [-0.2, -0.15) is 13.2 Å². The van der Waals surface area contributed by atoms with Gasteiger partial charge in [0.2, 0.25) is 5.60 Å². The maximum Gasteiger partial charge on any atom is 0.426 e. The summed E-state index contributed by atoms with van der Waals surface area (Å²) in [7, 11) is -4.06. The molecule has 1 unspecified atom stereocenters. The largest absolute Gasteiger partial charge is 0.426 e. The van der Waals surface area contributed by atoms with E-state index in [4.69, 9.17) is 11.6 Å². The molecule has 0 saturated heterocycles. The van der Waals surface area contributed by atoms with E-state index in [1.165, 1.54) is 0 Å². The first-order valence-corrected chi connectivity index (χ1v) is 10.8. The van der Waals surface area contributed by atoms with Gasteiger partial charge in [-0.05, 0) is 48.2 Å². The van der Waals surface area contributed by atoms with Crippen molar-refractivity contribution in [2.45, 2.75) is 49.8 Å². The second-order valence-corrected chi connectivity index (χ2v) is 10.2. The minimum Gasteiger partial charge on any atom is -0.373 e. The summed E-state index contributed by atoms with van der Waals surface area (Å²) >= 11 is 5.95. The van der Waals surface area contributed by atoms with Crippen LogP contribution in [0.1, 0.15) is 33.3 Å². The predicted octanol–water partition coefficient (Wildman–Crippen LogP) is 4.69. The summed E-state index contributed by atoms with van der Waals surface area (Å²) in [5.74, 6) is -1.76. The van der Waals surface area contributed by atoms with Crippen LogP contribution in [0.4, 0.5) is 24.5 Å². The van der Waals surface area contributed by atoms with E-state index < -0.39 is 27.7 Å². The van der Waals surface area contributed by atoms with Crippen LogP contribution in [0, 0.1) is 0 Å². The Bertz CT molecular complexity index is 1080. The second-order valence-electron chi connectivity index (χ2n) is 8.10. The first-order valence-electron chi connectivity index (χ1n) is 8.98. The molecule has 0 aromatic heterocycles. The first-order chi connectivity index (χ1) is 13.9. The van der Waals surface area contributed by atoms with E-state index in [-0.39, 0.29) is 21.0 Å². The number of aliphatic hydroxyl groups is 1. The lowest BCUT2D eigenvalue weighted by Gasteiger charge is -2.25. The fourth-order valence-corrected chi connectivity index (χ4v) is 3.77. The minimum absolute atomic E-state index is 0.109. The van der Waals surface area contributed by atoms with Gasteiger partial charge in [-0.25, -0.2) is 8.42 Å². The molecule has 3 N–H and O–H groups in total. The molecule has 0 spiro atoms. The van der Waals surface area contributed by atoms with Crippen molar-refractivity contribution in [3.8, 4) is 0 Å². The number of sulfonamides is 1. The Hall–Kier alpha value is -2.30. The summed E-state index contributed by atoms with van der Waals surface area (Å²) in [5.41, 5.74) is -2.73. The number of benzene rings is 2. The Labute approximate surface area is 183 Å². The third-order valence-electron chi connectivity index (χ3n) is 4.50. The lowest BCUT2D eigenvalue weighted by atomic mass is 9.87. The number of carbonyl (C=O) groups is 1. The number of amides is 1. The van der Waals surface area contributed by atoms with Gasteiger partial charge in [0.1, 0.15) is 0 Å². The Morgan fingerprint density at radius 1 is 1.00 bits per heavy atom. The Morgan fingerprint density at radius 3 is 2.00 bits per heavy atom. The molecule has 0 heterocycles. The molecule has 2 aromatic rings. The fraction of sp³-hybridized carbons (Fsp3) is 0.350. The predicted molar refractivity (Wildman–Crippen MR) is 113 cm³/mol. The van der Waals surface area contributed by atoms with E-state index in [0.29, 0.717) is 12.6 Å². The number of carbonyl (C=O) groups excluding carboxylic acids is 1. The number of hydrogen-bond acceptors (Lipinski definition) is 4. The van der Waals surface area contributed by atoms with Crippen molar-refractivity contribution in [1.29, 1.82) is 0 Å². The molecule has 170 valence electrons. The zero-order valence-electron chi connectivity index (χ0n) is 17.1. The molecule has 0 radical (unpaired) electrons. The molecule has 1 amide bonds. The van der Waals surface area contributed by atoms with Gasteiger partial charge in [0.25, 0.3) is 15.9 Å². The topological polar surface area (TPSA) is 95.5 Å². The average molecular weight is 479 g/mol. The van der Waals surface area contributed by atoms with Gasteiger partial charge in [0.05, 0.1) is 15.6 Å². The fourth-order valence-electron chi connectivity index (χ4n) is 2.39. The number of alkyl halides is 3. The SMILES string of the molecule is CC(C)(C)c1ccc(NS(=O)(=O)c2ccc(NC(=O)C(C)(O)C(F)(F)F)c(Cl)c2)cc1. The zero-order valence-corrected chi connectivity index (χ0v) is 18.7. The summed E-state index contributed by atoms with van der Waals surface area (Å²) in [5, 5.41) is 10.9. The van der Waals surface area contributed by atoms with E-state index in [2.05, 4.69) is 4.72 Å². The molecule has 11 heteroatoms. The van der Waals surface area contributed by atoms with Crippen LogP contribution in [-0.2, 0) is 20.2 Å². The third-order valence-corrected chi connectivity index (χ3v) is 6.19.